The number of aromatic nitrogens is 2. The monoisotopic (exact) mass is 636 g/mol. The van der Waals surface area contributed by atoms with Gasteiger partial charge in [-0.05, 0) is 114 Å². The maximum atomic E-state index is 5.75. The van der Waals surface area contributed by atoms with Crippen LogP contribution in [0.3, 0.4) is 0 Å². The van der Waals surface area contributed by atoms with Crippen molar-refractivity contribution < 1.29 is 9.47 Å². The Bertz CT molecular complexity index is 2020. The highest BCUT2D eigenvalue weighted by molar-refractivity contribution is 6.11. The summed E-state index contributed by atoms with van der Waals surface area (Å²) in [6.07, 6.45) is 18.7. The van der Waals surface area contributed by atoms with Crippen molar-refractivity contribution >= 4 is 43.6 Å². The molecular formula is C44H48N2O2. The molecule has 8 rings (SSSR count). The van der Waals surface area contributed by atoms with Crippen LogP contribution >= 0.6 is 0 Å². The van der Waals surface area contributed by atoms with Gasteiger partial charge in [0.05, 0.1) is 45.5 Å². The molecule has 0 amide bonds. The minimum absolute atomic E-state index is 0.0835. The van der Waals surface area contributed by atoms with E-state index in [1.165, 1.54) is 54.7 Å². The number of nitrogens with zero attached hydrogens (tertiary/aromatic N) is 2. The third-order valence-electron chi connectivity index (χ3n) is 10.7. The van der Waals surface area contributed by atoms with E-state index in [0.29, 0.717) is 12.2 Å². The zero-order valence-electron chi connectivity index (χ0n) is 28.9. The smallest absolute Gasteiger partial charge is 0.0892 e. The molecule has 4 nitrogen and oxygen atoms in total. The van der Waals surface area contributed by atoms with Crippen molar-refractivity contribution in [3.63, 3.8) is 0 Å². The van der Waals surface area contributed by atoms with Crippen LogP contribution in [0.1, 0.15) is 77.3 Å². The van der Waals surface area contributed by atoms with Crippen LogP contribution in [0.4, 0.5) is 0 Å². The second-order valence-electron chi connectivity index (χ2n) is 15.0. The van der Waals surface area contributed by atoms with E-state index in [1.807, 2.05) is 0 Å². The summed E-state index contributed by atoms with van der Waals surface area (Å²) in [5.41, 5.74) is 7.87. The first-order chi connectivity index (χ1) is 23.3. The summed E-state index contributed by atoms with van der Waals surface area (Å²) in [6, 6.07) is 31.9. The quantitative estimate of drug-likeness (QED) is 0.0934. The summed E-state index contributed by atoms with van der Waals surface area (Å²) in [5, 5.41) is 5.17. The first kappa shape index (κ1) is 31.2. The molecule has 0 saturated carbocycles. The van der Waals surface area contributed by atoms with Gasteiger partial charge in [-0.2, -0.15) is 0 Å². The number of hydrogen-bond donors (Lipinski definition) is 0. The molecule has 4 heteroatoms. The highest BCUT2D eigenvalue weighted by atomic mass is 16.6. The summed E-state index contributed by atoms with van der Waals surface area (Å²) in [7, 11) is 0. The molecule has 4 aromatic carbocycles. The van der Waals surface area contributed by atoms with Gasteiger partial charge in [0.2, 0.25) is 0 Å². The average Bonchev–Trinajstić information content (AvgIpc) is 3.79. The topological polar surface area (TPSA) is 34.9 Å². The zero-order valence-corrected chi connectivity index (χ0v) is 28.9. The lowest BCUT2D eigenvalue weighted by Crippen LogP contribution is -2.08. The molecule has 4 heterocycles. The number of allylic oxidation sites excluding steroid dienone is 4. The maximum Gasteiger partial charge on any atom is 0.0892 e. The van der Waals surface area contributed by atoms with Crippen LogP contribution in [0.2, 0.25) is 0 Å². The lowest BCUT2D eigenvalue weighted by Gasteiger charge is -2.14. The van der Waals surface area contributed by atoms with E-state index >= 15 is 0 Å². The molecule has 0 N–H and O–H groups in total. The van der Waals surface area contributed by atoms with E-state index in [0.717, 1.165) is 51.4 Å². The number of fused-ring (bicyclic) bond motifs is 6. The molecule has 2 aromatic heterocycles. The van der Waals surface area contributed by atoms with Gasteiger partial charge < -0.3 is 9.47 Å². The fourth-order valence-corrected chi connectivity index (χ4v) is 7.68. The number of hydrogen-bond acceptors (Lipinski definition) is 2. The fraction of sp³-hybridized carbons (Fsp3) is 0.364. The van der Waals surface area contributed by atoms with E-state index in [4.69, 9.17) is 9.47 Å². The summed E-state index contributed by atoms with van der Waals surface area (Å²) < 4.78 is 16.4. The van der Waals surface area contributed by atoms with Crippen molar-refractivity contribution in [1.29, 1.82) is 0 Å². The largest absolute Gasteiger partial charge is 0.367 e. The van der Waals surface area contributed by atoms with E-state index in [2.05, 4.69) is 146 Å². The Morgan fingerprint density at radius 2 is 0.875 bits per heavy atom. The number of aryl methyl sites for hydroxylation is 2. The number of para-hydroxylation sites is 2. The molecule has 2 saturated heterocycles. The first-order valence-corrected chi connectivity index (χ1v) is 18.0. The molecule has 6 aromatic rings. The molecule has 2 atom stereocenters. The van der Waals surface area contributed by atoms with Crippen molar-refractivity contribution in [2.45, 2.75) is 102 Å². The molecule has 0 spiro atoms. The molecule has 0 bridgehead atoms. The van der Waals surface area contributed by atoms with Gasteiger partial charge in [0.15, 0.2) is 0 Å². The predicted molar refractivity (Wildman–Crippen MR) is 201 cm³/mol. The Hall–Kier alpha value is -4.12. The molecular weight excluding hydrogens is 588 g/mol. The number of ether oxygens (including phenoxy) is 2. The van der Waals surface area contributed by atoms with E-state index in [-0.39, 0.29) is 11.2 Å². The van der Waals surface area contributed by atoms with E-state index < -0.39 is 0 Å². The van der Waals surface area contributed by atoms with Gasteiger partial charge >= 0.3 is 0 Å². The molecule has 246 valence electrons. The van der Waals surface area contributed by atoms with Gasteiger partial charge in [-0.15, -0.1) is 0 Å². The first-order valence-electron chi connectivity index (χ1n) is 18.0. The van der Waals surface area contributed by atoms with E-state index in [9.17, 15) is 0 Å². The predicted octanol–water partition coefficient (Wildman–Crippen LogP) is 11.1. The molecule has 2 fully saturated rings. The lowest BCUT2D eigenvalue weighted by molar-refractivity contribution is 0.320. The molecule has 2 aliphatic rings. The Labute approximate surface area is 284 Å². The third-order valence-corrected chi connectivity index (χ3v) is 10.7. The highest BCUT2D eigenvalue weighted by Gasteiger charge is 2.47. The van der Waals surface area contributed by atoms with Crippen molar-refractivity contribution in [3.05, 3.63) is 120 Å². The summed E-state index contributed by atoms with van der Waals surface area (Å²) in [6.45, 7) is 8.73. The van der Waals surface area contributed by atoms with Crippen molar-refractivity contribution in [2.75, 3.05) is 0 Å². The normalized spacial score (nSPS) is 19.9. The SMILES string of the molecule is CC1(C)OC1CC/C=C/CCc1ccc2c3ccccc3n(-n3c4ccccc4c4ccc(CC/C=C/CCC5OC5(C)C)cc43)c2c1. The van der Waals surface area contributed by atoms with Crippen LogP contribution in [-0.4, -0.2) is 32.8 Å². The van der Waals surface area contributed by atoms with Gasteiger partial charge in [0.25, 0.3) is 0 Å². The average molecular weight is 637 g/mol. The lowest BCUT2D eigenvalue weighted by atomic mass is 10.0. The van der Waals surface area contributed by atoms with Gasteiger partial charge in [0, 0.05) is 21.5 Å². The fourth-order valence-electron chi connectivity index (χ4n) is 7.68. The number of epoxide rings is 2. The van der Waals surface area contributed by atoms with E-state index in [1.54, 1.807) is 0 Å². The summed E-state index contributed by atoms with van der Waals surface area (Å²) >= 11 is 0. The van der Waals surface area contributed by atoms with Crippen molar-refractivity contribution in [2.24, 2.45) is 0 Å². The van der Waals surface area contributed by atoms with Crippen LogP contribution in [0.25, 0.3) is 43.6 Å². The van der Waals surface area contributed by atoms with Crippen LogP contribution in [0.5, 0.6) is 0 Å². The van der Waals surface area contributed by atoms with Gasteiger partial charge in [-0.3, -0.25) is 0 Å². The number of benzene rings is 4. The van der Waals surface area contributed by atoms with Gasteiger partial charge in [-0.1, -0.05) is 85.0 Å². The molecule has 48 heavy (non-hydrogen) atoms. The highest BCUT2D eigenvalue weighted by Crippen LogP contribution is 2.39. The molecule has 2 unspecified atom stereocenters. The Morgan fingerprint density at radius 3 is 1.29 bits per heavy atom. The Morgan fingerprint density at radius 1 is 0.500 bits per heavy atom. The number of rotatable bonds is 13. The van der Waals surface area contributed by atoms with Crippen LogP contribution < -0.4 is 0 Å². The Kier molecular flexibility index (Phi) is 8.05. The summed E-state index contributed by atoms with van der Waals surface area (Å²) in [4.78, 5) is 0. The third kappa shape index (κ3) is 6.01. The maximum absolute atomic E-state index is 5.75. The molecule has 2 aliphatic heterocycles. The standard InChI is InChI=1S/C44H48N2O2/c1-43(2)41(47-43)23-11-7-5-9-17-31-25-27-35-33-19-13-15-21-37(33)45(39(35)29-31)46-38-22-16-14-20-34(38)36-28-26-32(30-40(36)46)18-10-6-8-12-24-42-44(3,4)48-42/h5-8,13-16,19-22,25-30,41-42H,9-12,17-18,23-24H2,1-4H3/b7-5+,8-6+. The zero-order chi connectivity index (χ0) is 32.9. The van der Waals surface area contributed by atoms with Crippen LogP contribution in [-0.2, 0) is 22.3 Å². The van der Waals surface area contributed by atoms with Crippen molar-refractivity contribution in [3.8, 4) is 0 Å². The van der Waals surface area contributed by atoms with Crippen LogP contribution in [0, 0.1) is 0 Å². The second-order valence-corrected chi connectivity index (χ2v) is 15.0. The second kappa shape index (κ2) is 12.4. The van der Waals surface area contributed by atoms with Gasteiger partial charge in [-0.25, -0.2) is 9.35 Å². The van der Waals surface area contributed by atoms with Crippen molar-refractivity contribution in [1.82, 2.24) is 9.35 Å². The minimum atomic E-state index is 0.0835. The molecule has 0 radical (unpaired) electrons. The Balaban J connectivity index is 1.10. The van der Waals surface area contributed by atoms with Gasteiger partial charge in [0.1, 0.15) is 0 Å². The van der Waals surface area contributed by atoms with Crippen LogP contribution in [0.15, 0.2) is 109 Å². The molecule has 0 aliphatic carbocycles. The minimum Gasteiger partial charge on any atom is -0.367 e. The summed E-state index contributed by atoms with van der Waals surface area (Å²) in [5.74, 6) is 0.